The Hall–Kier alpha value is -3.23. The first kappa shape index (κ1) is 23.9. The Bertz CT molecular complexity index is 1290. The predicted octanol–water partition coefficient (Wildman–Crippen LogP) is 7.49. The number of rotatable bonds is 6. The van der Waals surface area contributed by atoms with Gasteiger partial charge in [0, 0.05) is 11.1 Å². The highest BCUT2D eigenvalue weighted by molar-refractivity contribution is 6.42. The number of carbonyl (C=O) groups excluding carboxylic acids is 1. The van der Waals surface area contributed by atoms with E-state index in [-0.39, 0.29) is 0 Å². The van der Waals surface area contributed by atoms with Crippen LogP contribution in [0.4, 0.5) is 4.79 Å². The van der Waals surface area contributed by atoms with Gasteiger partial charge in [-0.15, -0.1) is 0 Å². The molecule has 0 saturated heterocycles. The first-order chi connectivity index (χ1) is 16.4. The summed E-state index contributed by atoms with van der Waals surface area (Å²) in [5.74, 6) is 2.01. The van der Waals surface area contributed by atoms with Crippen LogP contribution in [0.15, 0.2) is 79.7 Å². The fourth-order valence-electron chi connectivity index (χ4n) is 2.79. The smallest absolute Gasteiger partial charge is 0.355 e. The highest BCUT2D eigenvalue weighted by Crippen LogP contribution is 2.30. The Balaban J connectivity index is 1.28. The average Bonchev–Trinajstić information content (AvgIpc) is 3.48. The van der Waals surface area contributed by atoms with Crippen LogP contribution in [0.1, 0.15) is 11.5 Å². The highest BCUT2D eigenvalue weighted by atomic mass is 35.5. The lowest BCUT2D eigenvalue weighted by molar-refractivity contribution is 0.242. The van der Waals surface area contributed by atoms with Crippen molar-refractivity contribution in [2.24, 2.45) is 10.2 Å². The van der Waals surface area contributed by atoms with E-state index in [1.807, 2.05) is 0 Å². The second-order valence-electron chi connectivity index (χ2n) is 6.73. The van der Waals surface area contributed by atoms with E-state index in [4.69, 9.17) is 55.2 Å². The van der Waals surface area contributed by atoms with Crippen molar-refractivity contribution in [1.82, 2.24) is 10.9 Å². The van der Waals surface area contributed by atoms with Gasteiger partial charge in [-0.05, 0) is 60.7 Å². The van der Waals surface area contributed by atoms with Gasteiger partial charge in [0.15, 0.2) is 0 Å². The van der Waals surface area contributed by atoms with E-state index in [9.17, 15) is 4.79 Å². The van der Waals surface area contributed by atoms with Gasteiger partial charge in [0.05, 0.1) is 32.5 Å². The lowest BCUT2D eigenvalue weighted by Gasteiger charge is -2.00. The molecule has 11 heteroatoms. The molecular weight excluding hydrogens is 522 g/mol. The zero-order chi connectivity index (χ0) is 24.1. The molecule has 0 aliphatic rings. The molecule has 2 heterocycles. The van der Waals surface area contributed by atoms with Gasteiger partial charge in [0.2, 0.25) is 0 Å². The van der Waals surface area contributed by atoms with E-state index in [1.54, 1.807) is 60.7 Å². The number of furan rings is 2. The standard InChI is InChI=1S/C23H14Cl4N4O3/c24-17-5-1-13(9-19(17)26)21-7-3-15(33-21)11-28-30-23(32)31-29-12-16-4-8-22(34-16)14-2-6-18(25)20(27)10-14/h1-12H,(H2,30,31,32). The van der Waals surface area contributed by atoms with E-state index in [2.05, 4.69) is 21.1 Å². The van der Waals surface area contributed by atoms with Gasteiger partial charge < -0.3 is 8.83 Å². The summed E-state index contributed by atoms with van der Waals surface area (Å²) >= 11 is 23.9. The first-order valence-electron chi connectivity index (χ1n) is 9.61. The maximum absolute atomic E-state index is 11.9. The van der Waals surface area contributed by atoms with Crippen molar-refractivity contribution >= 4 is 64.9 Å². The molecule has 0 radical (unpaired) electrons. The summed E-state index contributed by atoms with van der Waals surface area (Å²) in [6.45, 7) is 0. The summed E-state index contributed by atoms with van der Waals surface area (Å²) in [4.78, 5) is 11.9. The summed E-state index contributed by atoms with van der Waals surface area (Å²) < 4.78 is 11.3. The Morgan fingerprint density at radius 3 is 1.50 bits per heavy atom. The van der Waals surface area contributed by atoms with Gasteiger partial charge in [0.25, 0.3) is 0 Å². The second kappa shape index (κ2) is 10.8. The van der Waals surface area contributed by atoms with Crippen molar-refractivity contribution in [3.8, 4) is 22.6 Å². The molecule has 2 aromatic carbocycles. The molecule has 0 fully saturated rings. The molecule has 0 bridgehead atoms. The number of urea groups is 1. The third-order valence-corrected chi connectivity index (χ3v) is 5.86. The molecule has 2 aromatic heterocycles. The molecule has 0 aliphatic heterocycles. The fraction of sp³-hybridized carbons (Fsp3) is 0. The van der Waals surface area contributed by atoms with E-state index in [0.29, 0.717) is 43.1 Å². The van der Waals surface area contributed by atoms with Crippen molar-refractivity contribution in [3.05, 3.63) is 92.3 Å². The number of nitrogens with one attached hydrogen (secondary N) is 2. The highest BCUT2D eigenvalue weighted by Gasteiger charge is 2.08. The van der Waals surface area contributed by atoms with Crippen LogP contribution >= 0.6 is 46.4 Å². The van der Waals surface area contributed by atoms with E-state index < -0.39 is 6.03 Å². The molecule has 0 spiro atoms. The topological polar surface area (TPSA) is 92.1 Å². The SMILES string of the molecule is O=C(NN=Cc1ccc(-c2ccc(Cl)c(Cl)c2)o1)NN=Cc1ccc(-c2ccc(Cl)c(Cl)c2)o1. The number of hydrazone groups is 2. The van der Waals surface area contributed by atoms with Gasteiger partial charge in [-0.2, -0.15) is 10.2 Å². The maximum atomic E-state index is 11.9. The summed E-state index contributed by atoms with van der Waals surface area (Å²) in [6, 6.07) is 16.6. The van der Waals surface area contributed by atoms with Crippen molar-refractivity contribution in [3.63, 3.8) is 0 Å². The van der Waals surface area contributed by atoms with Gasteiger partial charge >= 0.3 is 6.03 Å². The minimum atomic E-state index is -0.653. The number of amides is 2. The van der Waals surface area contributed by atoms with E-state index in [0.717, 1.165) is 11.1 Å². The second-order valence-corrected chi connectivity index (χ2v) is 8.36. The normalized spacial score (nSPS) is 11.4. The van der Waals surface area contributed by atoms with Crippen LogP contribution in [-0.2, 0) is 0 Å². The van der Waals surface area contributed by atoms with Crippen molar-refractivity contribution in [2.75, 3.05) is 0 Å². The summed E-state index contributed by atoms with van der Waals surface area (Å²) in [6.07, 6.45) is 2.70. The van der Waals surface area contributed by atoms with E-state index >= 15 is 0 Å². The monoisotopic (exact) mass is 534 g/mol. The quantitative estimate of drug-likeness (QED) is 0.198. The predicted molar refractivity (Wildman–Crippen MR) is 135 cm³/mol. The van der Waals surface area contributed by atoms with Gasteiger partial charge in [-0.25, -0.2) is 15.6 Å². The molecule has 4 aromatic rings. The molecule has 0 atom stereocenters. The molecule has 0 aliphatic carbocycles. The van der Waals surface area contributed by atoms with Crippen molar-refractivity contribution < 1.29 is 13.6 Å². The van der Waals surface area contributed by atoms with Gasteiger partial charge in [-0.1, -0.05) is 46.4 Å². The number of nitrogens with zero attached hydrogens (tertiary/aromatic N) is 2. The number of benzene rings is 2. The lowest BCUT2D eigenvalue weighted by Crippen LogP contribution is -2.28. The third kappa shape index (κ3) is 6.01. The van der Waals surface area contributed by atoms with Crippen molar-refractivity contribution in [2.45, 2.75) is 0 Å². The van der Waals surface area contributed by atoms with E-state index in [1.165, 1.54) is 12.4 Å². The van der Waals surface area contributed by atoms with Crippen LogP contribution in [0, 0.1) is 0 Å². The number of halogens is 4. The lowest BCUT2D eigenvalue weighted by atomic mass is 10.2. The average molecular weight is 536 g/mol. The largest absolute Gasteiger partial charge is 0.455 e. The fourth-order valence-corrected chi connectivity index (χ4v) is 3.38. The molecule has 0 unspecified atom stereocenters. The van der Waals surface area contributed by atoms with Gasteiger partial charge in [-0.3, -0.25) is 0 Å². The summed E-state index contributed by atoms with van der Waals surface area (Å²) in [5.41, 5.74) is 6.07. The molecular formula is C23H14Cl4N4O3. The zero-order valence-electron chi connectivity index (χ0n) is 17.1. The zero-order valence-corrected chi connectivity index (χ0v) is 20.1. The Morgan fingerprint density at radius 2 is 1.09 bits per heavy atom. The number of carbonyl (C=O) groups is 1. The van der Waals surface area contributed by atoms with Crippen LogP contribution in [0.3, 0.4) is 0 Å². The van der Waals surface area contributed by atoms with Crippen molar-refractivity contribution in [1.29, 1.82) is 0 Å². The van der Waals surface area contributed by atoms with Crippen LogP contribution < -0.4 is 10.9 Å². The summed E-state index contributed by atoms with van der Waals surface area (Å²) in [5, 5.41) is 9.38. The van der Waals surface area contributed by atoms with Crippen LogP contribution in [0.2, 0.25) is 20.1 Å². The van der Waals surface area contributed by atoms with Crippen LogP contribution in [0.5, 0.6) is 0 Å². The Kier molecular flexibility index (Phi) is 7.59. The molecule has 0 saturated carbocycles. The molecule has 7 nitrogen and oxygen atoms in total. The Labute approximate surface area is 213 Å². The maximum Gasteiger partial charge on any atom is 0.355 e. The minimum absolute atomic E-state index is 0.421. The van der Waals surface area contributed by atoms with Gasteiger partial charge in [0.1, 0.15) is 23.0 Å². The van der Waals surface area contributed by atoms with Crippen LogP contribution in [-0.4, -0.2) is 18.5 Å². The number of hydrogen-bond acceptors (Lipinski definition) is 5. The summed E-state index contributed by atoms with van der Waals surface area (Å²) in [7, 11) is 0. The molecule has 2 amide bonds. The molecule has 2 N–H and O–H groups in total. The Morgan fingerprint density at radius 1 is 0.647 bits per heavy atom. The number of hydrogen-bond donors (Lipinski definition) is 2. The first-order valence-corrected chi connectivity index (χ1v) is 11.1. The van der Waals surface area contributed by atoms with Crippen LogP contribution in [0.25, 0.3) is 22.6 Å². The minimum Gasteiger partial charge on any atom is -0.455 e. The third-order valence-electron chi connectivity index (χ3n) is 4.38. The molecule has 172 valence electrons. The molecule has 34 heavy (non-hydrogen) atoms. The molecule has 4 rings (SSSR count).